The van der Waals surface area contributed by atoms with E-state index in [2.05, 4.69) is 5.32 Å². The number of amides is 1. The molecule has 7 nitrogen and oxygen atoms in total. The van der Waals surface area contributed by atoms with Crippen molar-refractivity contribution in [3.05, 3.63) is 0 Å². The van der Waals surface area contributed by atoms with E-state index < -0.39 is 35.3 Å². The topological polar surface area (TPSA) is 130 Å². The van der Waals surface area contributed by atoms with Crippen LogP contribution in [0.1, 0.15) is 33.6 Å². The largest absolute Gasteiger partial charge is 0.481 e. The molecule has 104 valence electrons. The third-order valence-electron chi connectivity index (χ3n) is 2.48. The maximum absolute atomic E-state index is 11.7. The van der Waals surface area contributed by atoms with Gasteiger partial charge in [-0.05, 0) is 11.8 Å². The summed E-state index contributed by atoms with van der Waals surface area (Å²) in [6.45, 7) is 5.26. The number of carbonyl (C=O) groups excluding carboxylic acids is 1. The molecule has 2 atom stereocenters. The Labute approximate surface area is 105 Å². The molecule has 0 unspecified atom stereocenters. The highest BCUT2D eigenvalue weighted by atomic mass is 16.4. The van der Waals surface area contributed by atoms with E-state index in [1.54, 1.807) is 20.8 Å². The monoisotopic (exact) mass is 260 g/mol. The Morgan fingerprint density at radius 1 is 1.22 bits per heavy atom. The third-order valence-corrected chi connectivity index (χ3v) is 2.48. The number of hydrogen-bond acceptors (Lipinski definition) is 4. The van der Waals surface area contributed by atoms with Crippen LogP contribution >= 0.6 is 0 Å². The Morgan fingerprint density at radius 3 is 2.06 bits per heavy atom. The van der Waals surface area contributed by atoms with Gasteiger partial charge in [0.2, 0.25) is 5.91 Å². The first-order valence-electron chi connectivity index (χ1n) is 5.56. The maximum atomic E-state index is 11.7. The Hall–Kier alpha value is -1.63. The van der Waals surface area contributed by atoms with Crippen LogP contribution in [0.4, 0.5) is 0 Å². The maximum Gasteiger partial charge on any atom is 0.326 e. The number of rotatable bonds is 6. The van der Waals surface area contributed by atoms with Gasteiger partial charge in [-0.15, -0.1) is 0 Å². The van der Waals surface area contributed by atoms with Gasteiger partial charge in [-0.25, -0.2) is 4.79 Å². The Kier molecular flexibility index (Phi) is 5.77. The van der Waals surface area contributed by atoms with Crippen LogP contribution in [-0.2, 0) is 14.4 Å². The van der Waals surface area contributed by atoms with Crippen LogP contribution in [-0.4, -0.2) is 40.1 Å². The second kappa shape index (κ2) is 6.34. The number of nitrogens with one attached hydrogen (secondary N) is 1. The Bertz CT molecular complexity index is 335. The molecule has 0 fully saturated rings. The summed E-state index contributed by atoms with van der Waals surface area (Å²) in [5, 5.41) is 19.6. The quantitative estimate of drug-likeness (QED) is 0.523. The second-order valence-corrected chi connectivity index (χ2v) is 5.18. The van der Waals surface area contributed by atoms with E-state index >= 15 is 0 Å². The van der Waals surface area contributed by atoms with Gasteiger partial charge >= 0.3 is 11.9 Å². The van der Waals surface area contributed by atoms with Gasteiger partial charge in [-0.3, -0.25) is 9.59 Å². The molecule has 0 aromatic heterocycles. The number of nitrogens with two attached hydrogens (primary N) is 1. The molecular formula is C11H20N2O5. The van der Waals surface area contributed by atoms with Gasteiger partial charge in [-0.1, -0.05) is 20.8 Å². The molecule has 7 heteroatoms. The highest BCUT2D eigenvalue weighted by molar-refractivity contribution is 5.87. The van der Waals surface area contributed by atoms with Crippen LogP contribution in [0.3, 0.4) is 0 Å². The van der Waals surface area contributed by atoms with Gasteiger partial charge < -0.3 is 21.3 Å². The predicted octanol–water partition coefficient (Wildman–Crippen LogP) is -0.206. The standard InChI is InChI=1S/C11H20N2O5/c1-11(2,3)8(12)9(16)13-6(10(17)18)4-5-7(14)15/h6,8H,4-5,12H2,1-3H3,(H,13,16)(H,14,15)(H,17,18)/t6-,8-/m0/s1. The zero-order valence-electron chi connectivity index (χ0n) is 10.8. The minimum atomic E-state index is -1.27. The molecule has 0 spiro atoms. The summed E-state index contributed by atoms with van der Waals surface area (Å²) in [7, 11) is 0. The molecule has 0 aliphatic heterocycles. The molecule has 0 saturated carbocycles. The molecule has 0 aromatic carbocycles. The van der Waals surface area contributed by atoms with Crippen LogP contribution in [0.15, 0.2) is 0 Å². The summed E-state index contributed by atoms with van der Waals surface area (Å²) in [5.74, 6) is -2.98. The smallest absolute Gasteiger partial charge is 0.326 e. The lowest BCUT2D eigenvalue weighted by molar-refractivity contribution is -0.143. The molecular weight excluding hydrogens is 240 g/mol. The molecule has 1 amide bonds. The van der Waals surface area contributed by atoms with Crippen molar-refractivity contribution in [3.8, 4) is 0 Å². The van der Waals surface area contributed by atoms with Crippen molar-refractivity contribution in [2.75, 3.05) is 0 Å². The molecule has 0 saturated heterocycles. The molecule has 0 aliphatic rings. The van der Waals surface area contributed by atoms with Crippen molar-refractivity contribution in [2.45, 2.75) is 45.7 Å². The minimum Gasteiger partial charge on any atom is -0.481 e. The predicted molar refractivity (Wildman–Crippen MR) is 63.9 cm³/mol. The van der Waals surface area contributed by atoms with E-state index in [-0.39, 0.29) is 12.8 Å². The molecule has 0 aliphatic carbocycles. The van der Waals surface area contributed by atoms with E-state index in [4.69, 9.17) is 15.9 Å². The molecule has 0 radical (unpaired) electrons. The highest BCUT2D eigenvalue weighted by Crippen LogP contribution is 2.17. The fourth-order valence-corrected chi connectivity index (χ4v) is 1.18. The summed E-state index contributed by atoms with van der Waals surface area (Å²) >= 11 is 0. The first-order valence-corrected chi connectivity index (χ1v) is 5.56. The van der Waals surface area contributed by atoms with Gasteiger partial charge in [0, 0.05) is 6.42 Å². The molecule has 5 N–H and O–H groups in total. The molecule has 0 heterocycles. The van der Waals surface area contributed by atoms with E-state index in [1.165, 1.54) is 0 Å². The van der Waals surface area contributed by atoms with E-state index in [0.29, 0.717) is 0 Å². The van der Waals surface area contributed by atoms with E-state index in [9.17, 15) is 14.4 Å². The number of carbonyl (C=O) groups is 3. The van der Waals surface area contributed by atoms with Crippen molar-refractivity contribution in [3.63, 3.8) is 0 Å². The van der Waals surface area contributed by atoms with E-state index in [0.717, 1.165) is 0 Å². The molecule has 0 bridgehead atoms. The normalized spacial score (nSPS) is 14.7. The van der Waals surface area contributed by atoms with Crippen molar-refractivity contribution in [1.29, 1.82) is 0 Å². The lowest BCUT2D eigenvalue weighted by Gasteiger charge is -2.27. The van der Waals surface area contributed by atoms with Gasteiger partial charge in [0.15, 0.2) is 0 Å². The number of carboxylic acids is 2. The van der Waals surface area contributed by atoms with Crippen molar-refractivity contribution >= 4 is 17.8 Å². The number of hydrogen-bond donors (Lipinski definition) is 4. The number of aliphatic carboxylic acids is 2. The first-order chi connectivity index (χ1) is 8.05. The zero-order chi connectivity index (χ0) is 14.5. The Morgan fingerprint density at radius 2 is 1.72 bits per heavy atom. The Balaban J connectivity index is 4.55. The SMILES string of the molecule is CC(C)(C)[C@@H](N)C(=O)N[C@@H](CCC(=O)O)C(=O)O. The molecule has 0 rings (SSSR count). The van der Waals surface area contributed by atoms with Gasteiger partial charge in [0.1, 0.15) is 6.04 Å². The number of carboxylic acid groups (broad SMARTS) is 2. The summed E-state index contributed by atoms with van der Waals surface area (Å²) in [6.07, 6.45) is -0.505. The van der Waals surface area contributed by atoms with Crippen molar-refractivity contribution < 1.29 is 24.6 Å². The summed E-state index contributed by atoms with van der Waals surface area (Å²) in [6, 6.07) is -2.09. The summed E-state index contributed by atoms with van der Waals surface area (Å²) in [4.78, 5) is 32.9. The van der Waals surface area contributed by atoms with Gasteiger partial charge in [0.25, 0.3) is 0 Å². The summed E-state index contributed by atoms with van der Waals surface area (Å²) < 4.78 is 0. The zero-order valence-corrected chi connectivity index (χ0v) is 10.8. The van der Waals surface area contributed by atoms with Crippen LogP contribution in [0.25, 0.3) is 0 Å². The van der Waals surface area contributed by atoms with Crippen molar-refractivity contribution in [2.24, 2.45) is 11.1 Å². The van der Waals surface area contributed by atoms with Gasteiger partial charge in [0.05, 0.1) is 6.04 Å². The molecule has 0 aromatic rings. The van der Waals surface area contributed by atoms with Gasteiger partial charge in [-0.2, -0.15) is 0 Å². The second-order valence-electron chi connectivity index (χ2n) is 5.18. The average molecular weight is 260 g/mol. The summed E-state index contributed by atoms with van der Waals surface area (Å²) in [5.41, 5.74) is 5.18. The van der Waals surface area contributed by atoms with Crippen LogP contribution in [0.2, 0.25) is 0 Å². The first kappa shape index (κ1) is 16.4. The highest BCUT2D eigenvalue weighted by Gasteiger charge is 2.30. The van der Waals surface area contributed by atoms with Crippen molar-refractivity contribution in [1.82, 2.24) is 5.32 Å². The van der Waals surface area contributed by atoms with Crippen LogP contribution < -0.4 is 11.1 Å². The lowest BCUT2D eigenvalue weighted by atomic mass is 9.87. The lowest BCUT2D eigenvalue weighted by Crippen LogP contribution is -2.53. The molecule has 18 heavy (non-hydrogen) atoms. The van der Waals surface area contributed by atoms with Crippen LogP contribution in [0.5, 0.6) is 0 Å². The third kappa shape index (κ3) is 5.62. The average Bonchev–Trinajstić information content (AvgIpc) is 2.20. The van der Waals surface area contributed by atoms with Crippen LogP contribution in [0, 0.1) is 5.41 Å². The minimum absolute atomic E-state index is 0.173. The van der Waals surface area contributed by atoms with E-state index in [1.807, 2.05) is 0 Å². The fraction of sp³-hybridized carbons (Fsp3) is 0.727. The fourth-order valence-electron chi connectivity index (χ4n) is 1.18.